The maximum atomic E-state index is 11.7. The molecule has 0 rings (SSSR count). The van der Waals surface area contributed by atoms with Crippen LogP contribution < -0.4 is 16.4 Å². The molecule has 2 amide bonds. The summed E-state index contributed by atoms with van der Waals surface area (Å²) >= 11 is 0. The summed E-state index contributed by atoms with van der Waals surface area (Å²) in [5, 5.41) is 22.5. The van der Waals surface area contributed by atoms with Gasteiger partial charge in [-0.1, -0.05) is 13.3 Å². The standard InChI is InChI=1S/C13H25N3O5/c1-2-9(5-3-4-8-14)15-13(21)16-10(12(19)20)6-7-11(17)18/h9-10H,2-8,14H2,1H3,(H,17,18)(H,19,20)(H2,15,16,21). The summed E-state index contributed by atoms with van der Waals surface area (Å²) in [7, 11) is 0. The summed E-state index contributed by atoms with van der Waals surface area (Å²) in [4.78, 5) is 33.2. The van der Waals surface area contributed by atoms with E-state index in [1.807, 2.05) is 6.92 Å². The number of carbonyl (C=O) groups excluding carboxylic acids is 1. The number of urea groups is 1. The third-order valence-electron chi connectivity index (χ3n) is 3.09. The fourth-order valence-electron chi connectivity index (χ4n) is 1.82. The normalized spacial score (nSPS) is 13.2. The number of nitrogens with two attached hydrogens (primary N) is 1. The minimum absolute atomic E-state index is 0.0505. The van der Waals surface area contributed by atoms with Crippen molar-refractivity contribution < 1.29 is 24.6 Å². The fourth-order valence-corrected chi connectivity index (χ4v) is 1.82. The van der Waals surface area contributed by atoms with Gasteiger partial charge in [-0.2, -0.15) is 0 Å². The van der Waals surface area contributed by atoms with Crippen LogP contribution >= 0.6 is 0 Å². The molecule has 0 bridgehead atoms. The van der Waals surface area contributed by atoms with Crippen LogP contribution in [0.25, 0.3) is 0 Å². The molecule has 0 aliphatic carbocycles. The Morgan fingerprint density at radius 3 is 2.24 bits per heavy atom. The van der Waals surface area contributed by atoms with Gasteiger partial charge in [0.15, 0.2) is 0 Å². The lowest BCUT2D eigenvalue weighted by Crippen LogP contribution is -2.49. The van der Waals surface area contributed by atoms with Crippen molar-refractivity contribution in [3.05, 3.63) is 0 Å². The molecule has 0 fully saturated rings. The van der Waals surface area contributed by atoms with Crippen molar-refractivity contribution in [2.45, 2.75) is 57.5 Å². The van der Waals surface area contributed by atoms with Crippen LogP contribution in [-0.2, 0) is 9.59 Å². The Balaban J connectivity index is 4.27. The van der Waals surface area contributed by atoms with Gasteiger partial charge < -0.3 is 26.6 Å². The zero-order chi connectivity index (χ0) is 16.3. The molecule has 0 heterocycles. The summed E-state index contributed by atoms with van der Waals surface area (Å²) in [6.07, 6.45) is 2.79. The number of amides is 2. The number of unbranched alkanes of at least 4 members (excludes halogenated alkanes) is 1. The number of carbonyl (C=O) groups is 3. The van der Waals surface area contributed by atoms with Gasteiger partial charge in [0.1, 0.15) is 6.04 Å². The third-order valence-corrected chi connectivity index (χ3v) is 3.09. The lowest BCUT2D eigenvalue weighted by molar-refractivity contribution is -0.140. The average Bonchev–Trinajstić information content (AvgIpc) is 2.41. The largest absolute Gasteiger partial charge is 0.481 e. The number of carboxylic acid groups (broad SMARTS) is 2. The van der Waals surface area contributed by atoms with Crippen LogP contribution in [0.5, 0.6) is 0 Å². The highest BCUT2D eigenvalue weighted by Crippen LogP contribution is 2.04. The molecule has 2 atom stereocenters. The highest BCUT2D eigenvalue weighted by molar-refractivity contribution is 5.83. The van der Waals surface area contributed by atoms with Crippen LogP contribution in [0.3, 0.4) is 0 Å². The number of aliphatic carboxylic acids is 2. The van der Waals surface area contributed by atoms with Gasteiger partial charge in [0, 0.05) is 12.5 Å². The van der Waals surface area contributed by atoms with E-state index in [0.29, 0.717) is 6.54 Å². The van der Waals surface area contributed by atoms with Crippen LogP contribution in [-0.4, -0.2) is 46.8 Å². The van der Waals surface area contributed by atoms with E-state index in [1.54, 1.807) is 0 Å². The highest BCUT2D eigenvalue weighted by Gasteiger charge is 2.21. The molecule has 0 aliphatic rings. The smallest absolute Gasteiger partial charge is 0.326 e. The van der Waals surface area contributed by atoms with Crippen LogP contribution in [0.4, 0.5) is 4.79 Å². The second-order valence-corrected chi connectivity index (χ2v) is 4.83. The first-order chi connectivity index (χ1) is 9.90. The molecule has 21 heavy (non-hydrogen) atoms. The molecule has 0 saturated carbocycles. The van der Waals surface area contributed by atoms with E-state index in [9.17, 15) is 14.4 Å². The van der Waals surface area contributed by atoms with Gasteiger partial charge in [0.05, 0.1) is 0 Å². The Morgan fingerprint density at radius 1 is 1.10 bits per heavy atom. The number of carboxylic acids is 2. The number of hydrogen-bond donors (Lipinski definition) is 5. The molecule has 0 aliphatic heterocycles. The lowest BCUT2D eigenvalue weighted by atomic mass is 10.1. The van der Waals surface area contributed by atoms with Crippen LogP contribution in [0.15, 0.2) is 0 Å². The monoisotopic (exact) mass is 303 g/mol. The van der Waals surface area contributed by atoms with Crippen molar-refractivity contribution in [1.29, 1.82) is 0 Å². The van der Waals surface area contributed by atoms with Crippen molar-refractivity contribution in [1.82, 2.24) is 10.6 Å². The van der Waals surface area contributed by atoms with Gasteiger partial charge >= 0.3 is 18.0 Å². The molecule has 0 aromatic rings. The molecule has 0 aromatic carbocycles. The fraction of sp³-hybridized carbons (Fsp3) is 0.769. The maximum Gasteiger partial charge on any atom is 0.326 e. The Morgan fingerprint density at radius 2 is 1.76 bits per heavy atom. The molecule has 0 aromatic heterocycles. The summed E-state index contributed by atoms with van der Waals surface area (Å²) in [5.74, 6) is -2.35. The summed E-state index contributed by atoms with van der Waals surface area (Å²) in [5.41, 5.74) is 5.40. The van der Waals surface area contributed by atoms with Gasteiger partial charge in [-0.25, -0.2) is 9.59 Å². The second-order valence-electron chi connectivity index (χ2n) is 4.83. The zero-order valence-electron chi connectivity index (χ0n) is 12.3. The van der Waals surface area contributed by atoms with Gasteiger partial charge in [-0.3, -0.25) is 4.79 Å². The average molecular weight is 303 g/mol. The second kappa shape index (κ2) is 10.9. The topological polar surface area (TPSA) is 142 Å². The number of nitrogens with one attached hydrogen (secondary N) is 2. The molecular weight excluding hydrogens is 278 g/mol. The Kier molecular flexibility index (Phi) is 9.95. The predicted molar refractivity (Wildman–Crippen MR) is 76.9 cm³/mol. The first-order valence-corrected chi connectivity index (χ1v) is 7.12. The van der Waals surface area contributed by atoms with Crippen molar-refractivity contribution >= 4 is 18.0 Å². The molecule has 0 spiro atoms. The predicted octanol–water partition coefficient (Wildman–Crippen LogP) is 0.511. The third kappa shape index (κ3) is 9.67. The van der Waals surface area contributed by atoms with Crippen LogP contribution in [0.2, 0.25) is 0 Å². The van der Waals surface area contributed by atoms with E-state index < -0.39 is 24.0 Å². The molecule has 8 nitrogen and oxygen atoms in total. The van der Waals surface area contributed by atoms with Gasteiger partial charge in [0.25, 0.3) is 0 Å². The zero-order valence-corrected chi connectivity index (χ0v) is 12.3. The quantitative estimate of drug-likeness (QED) is 0.352. The van der Waals surface area contributed by atoms with E-state index in [-0.39, 0.29) is 18.9 Å². The van der Waals surface area contributed by atoms with Crippen LogP contribution in [0.1, 0.15) is 45.4 Å². The molecule has 0 saturated heterocycles. The van der Waals surface area contributed by atoms with E-state index >= 15 is 0 Å². The first kappa shape index (κ1) is 19.2. The summed E-state index contributed by atoms with van der Waals surface area (Å²) in [6, 6.07) is -1.85. The van der Waals surface area contributed by atoms with E-state index in [0.717, 1.165) is 25.7 Å². The van der Waals surface area contributed by atoms with Crippen molar-refractivity contribution in [2.75, 3.05) is 6.54 Å². The SMILES string of the molecule is CCC(CCCCN)NC(=O)NC(CCC(=O)O)C(=O)O. The Bertz CT molecular complexity index is 349. The summed E-state index contributed by atoms with van der Waals surface area (Å²) < 4.78 is 0. The number of rotatable bonds is 11. The molecule has 122 valence electrons. The minimum Gasteiger partial charge on any atom is -0.481 e. The minimum atomic E-state index is -1.25. The first-order valence-electron chi connectivity index (χ1n) is 7.12. The van der Waals surface area contributed by atoms with Gasteiger partial charge in [-0.05, 0) is 32.2 Å². The molecular formula is C13H25N3O5. The summed E-state index contributed by atoms with van der Waals surface area (Å²) in [6.45, 7) is 2.52. The van der Waals surface area contributed by atoms with Crippen molar-refractivity contribution in [3.63, 3.8) is 0 Å². The number of hydrogen-bond acceptors (Lipinski definition) is 4. The van der Waals surface area contributed by atoms with Gasteiger partial charge in [-0.15, -0.1) is 0 Å². The Hall–Kier alpha value is -1.83. The Labute approximate surface area is 124 Å². The molecule has 2 unspecified atom stereocenters. The van der Waals surface area contributed by atoms with E-state index in [2.05, 4.69) is 10.6 Å². The van der Waals surface area contributed by atoms with Crippen molar-refractivity contribution in [2.24, 2.45) is 5.73 Å². The van der Waals surface area contributed by atoms with Crippen molar-refractivity contribution in [3.8, 4) is 0 Å². The highest BCUT2D eigenvalue weighted by atomic mass is 16.4. The van der Waals surface area contributed by atoms with E-state index in [1.165, 1.54) is 0 Å². The lowest BCUT2D eigenvalue weighted by Gasteiger charge is -2.19. The molecule has 8 heteroatoms. The van der Waals surface area contributed by atoms with Gasteiger partial charge in [0.2, 0.25) is 0 Å². The van der Waals surface area contributed by atoms with Crippen LogP contribution in [0, 0.1) is 0 Å². The molecule has 0 radical (unpaired) electrons. The van der Waals surface area contributed by atoms with E-state index in [4.69, 9.17) is 15.9 Å². The molecule has 6 N–H and O–H groups in total. The maximum absolute atomic E-state index is 11.7.